The Morgan fingerprint density at radius 2 is 1.53 bits per heavy atom. The molecule has 0 fully saturated rings. The first-order valence-corrected chi connectivity index (χ1v) is 6.82. The molecule has 0 saturated heterocycles. The summed E-state index contributed by atoms with van der Waals surface area (Å²) < 4.78 is 0. The SMILES string of the molecule is Cc1nc(Cl)c(C)c(Nc2c(Cl)cc(Cl)cc2Cl)n1. The van der Waals surface area contributed by atoms with Crippen LogP contribution in [0.25, 0.3) is 0 Å². The summed E-state index contributed by atoms with van der Waals surface area (Å²) in [5.74, 6) is 1.11. The Morgan fingerprint density at radius 3 is 2.11 bits per heavy atom. The Kier molecular flexibility index (Phi) is 4.41. The lowest BCUT2D eigenvalue weighted by Gasteiger charge is -2.13. The van der Waals surface area contributed by atoms with E-state index in [-0.39, 0.29) is 0 Å². The standard InChI is InChI=1S/C12H9Cl4N3/c1-5-11(16)17-6(2)18-12(5)19-10-8(14)3-7(13)4-9(10)15/h3-4H,1-2H3,(H,17,18,19). The van der Waals surface area contributed by atoms with Crippen LogP contribution < -0.4 is 5.32 Å². The maximum Gasteiger partial charge on any atom is 0.138 e. The first-order valence-electron chi connectivity index (χ1n) is 5.31. The highest BCUT2D eigenvalue weighted by molar-refractivity contribution is 6.41. The topological polar surface area (TPSA) is 37.8 Å². The van der Waals surface area contributed by atoms with Crippen LogP contribution in [0.4, 0.5) is 11.5 Å². The molecule has 3 nitrogen and oxygen atoms in total. The Hall–Kier alpha value is -0.740. The molecule has 2 rings (SSSR count). The van der Waals surface area contributed by atoms with Gasteiger partial charge in [0.2, 0.25) is 0 Å². The van der Waals surface area contributed by atoms with Crippen LogP contribution in [-0.4, -0.2) is 9.97 Å². The van der Waals surface area contributed by atoms with E-state index in [1.165, 1.54) is 0 Å². The summed E-state index contributed by atoms with van der Waals surface area (Å²) in [5.41, 5.74) is 1.25. The second-order valence-electron chi connectivity index (χ2n) is 3.90. The van der Waals surface area contributed by atoms with Crippen LogP contribution in [0.5, 0.6) is 0 Å². The maximum atomic E-state index is 6.11. The van der Waals surface area contributed by atoms with Gasteiger partial charge in [-0.2, -0.15) is 0 Å². The van der Waals surface area contributed by atoms with E-state index in [0.29, 0.717) is 43.1 Å². The zero-order valence-corrected chi connectivity index (χ0v) is 13.1. The Balaban J connectivity index is 2.48. The van der Waals surface area contributed by atoms with Crippen molar-refractivity contribution < 1.29 is 0 Å². The molecule has 7 heteroatoms. The van der Waals surface area contributed by atoms with E-state index in [4.69, 9.17) is 46.4 Å². The van der Waals surface area contributed by atoms with Gasteiger partial charge in [0.05, 0.1) is 15.7 Å². The fourth-order valence-electron chi connectivity index (χ4n) is 1.50. The van der Waals surface area contributed by atoms with Gasteiger partial charge in [-0.15, -0.1) is 0 Å². The van der Waals surface area contributed by atoms with E-state index < -0.39 is 0 Å². The number of rotatable bonds is 2. The van der Waals surface area contributed by atoms with Gasteiger partial charge in [0.15, 0.2) is 0 Å². The number of halogens is 4. The number of hydrogen-bond acceptors (Lipinski definition) is 3. The Bertz CT molecular complexity index is 620. The third kappa shape index (κ3) is 3.23. The average Bonchev–Trinajstić information content (AvgIpc) is 2.29. The second-order valence-corrected chi connectivity index (χ2v) is 5.51. The predicted octanol–water partition coefficient (Wildman–Crippen LogP) is 5.45. The summed E-state index contributed by atoms with van der Waals surface area (Å²) in [6.07, 6.45) is 0. The van der Waals surface area contributed by atoms with E-state index in [1.54, 1.807) is 19.1 Å². The van der Waals surface area contributed by atoms with Gasteiger partial charge in [-0.1, -0.05) is 46.4 Å². The van der Waals surface area contributed by atoms with Crippen LogP contribution in [0, 0.1) is 13.8 Å². The van der Waals surface area contributed by atoms with Crippen molar-refractivity contribution in [3.8, 4) is 0 Å². The number of nitrogens with one attached hydrogen (secondary N) is 1. The zero-order chi connectivity index (χ0) is 14.2. The van der Waals surface area contributed by atoms with Crippen molar-refractivity contribution in [3.05, 3.63) is 43.7 Å². The molecule has 1 aromatic carbocycles. The highest BCUT2D eigenvalue weighted by Gasteiger charge is 2.12. The van der Waals surface area contributed by atoms with Gasteiger partial charge in [-0.25, -0.2) is 9.97 Å². The van der Waals surface area contributed by atoms with E-state index >= 15 is 0 Å². The minimum atomic E-state index is 0.385. The third-order valence-electron chi connectivity index (χ3n) is 2.45. The molecule has 0 aliphatic heterocycles. The van der Waals surface area contributed by atoms with E-state index in [9.17, 15) is 0 Å². The molecule has 0 aliphatic rings. The monoisotopic (exact) mass is 335 g/mol. The number of anilines is 2. The fraction of sp³-hybridized carbons (Fsp3) is 0.167. The summed E-state index contributed by atoms with van der Waals surface area (Å²) in [5, 5.41) is 4.73. The van der Waals surface area contributed by atoms with Gasteiger partial charge in [0.1, 0.15) is 16.8 Å². The van der Waals surface area contributed by atoms with Crippen LogP contribution >= 0.6 is 46.4 Å². The molecule has 19 heavy (non-hydrogen) atoms. The van der Waals surface area contributed by atoms with Crippen molar-refractivity contribution in [2.45, 2.75) is 13.8 Å². The number of benzene rings is 1. The molecule has 0 aliphatic carbocycles. The molecule has 0 spiro atoms. The molecule has 2 aromatic rings. The lowest BCUT2D eigenvalue weighted by atomic mass is 10.3. The van der Waals surface area contributed by atoms with Gasteiger partial charge in [-0.3, -0.25) is 0 Å². The minimum absolute atomic E-state index is 0.385. The number of aryl methyl sites for hydroxylation is 1. The van der Waals surface area contributed by atoms with E-state index in [2.05, 4.69) is 15.3 Å². The largest absolute Gasteiger partial charge is 0.337 e. The normalized spacial score (nSPS) is 10.6. The summed E-state index contributed by atoms with van der Waals surface area (Å²) in [7, 11) is 0. The van der Waals surface area contributed by atoms with Crippen LogP contribution in [-0.2, 0) is 0 Å². The maximum absolute atomic E-state index is 6.11. The smallest absolute Gasteiger partial charge is 0.138 e. The first-order chi connectivity index (χ1) is 8.88. The molecule has 1 N–H and O–H groups in total. The molecule has 1 aromatic heterocycles. The number of hydrogen-bond donors (Lipinski definition) is 1. The molecule has 1 heterocycles. The van der Waals surface area contributed by atoms with Crippen LogP contribution in [0.2, 0.25) is 20.2 Å². The first kappa shape index (κ1) is 14.7. The molecule has 0 atom stereocenters. The van der Waals surface area contributed by atoms with Crippen LogP contribution in [0.15, 0.2) is 12.1 Å². The lowest BCUT2D eigenvalue weighted by molar-refractivity contribution is 1.04. The molecule has 0 unspecified atom stereocenters. The van der Waals surface area contributed by atoms with Gasteiger partial charge in [0, 0.05) is 10.6 Å². The van der Waals surface area contributed by atoms with Gasteiger partial charge in [-0.05, 0) is 26.0 Å². The molecule has 0 bridgehead atoms. The summed E-state index contributed by atoms with van der Waals surface area (Å²) in [4.78, 5) is 8.34. The van der Waals surface area contributed by atoms with E-state index in [1.807, 2.05) is 6.92 Å². The quantitative estimate of drug-likeness (QED) is 0.741. The highest BCUT2D eigenvalue weighted by atomic mass is 35.5. The van der Waals surface area contributed by atoms with Crippen molar-refractivity contribution in [2.24, 2.45) is 0 Å². The summed E-state index contributed by atoms with van der Waals surface area (Å²) in [6, 6.07) is 3.20. The van der Waals surface area contributed by atoms with Crippen molar-refractivity contribution in [1.82, 2.24) is 9.97 Å². The Labute approximate surface area is 130 Å². The molecule has 0 radical (unpaired) electrons. The van der Waals surface area contributed by atoms with Crippen LogP contribution in [0.3, 0.4) is 0 Å². The summed E-state index contributed by atoms with van der Waals surface area (Å²) in [6.45, 7) is 3.56. The van der Waals surface area contributed by atoms with Gasteiger partial charge < -0.3 is 5.32 Å². The van der Waals surface area contributed by atoms with Gasteiger partial charge >= 0.3 is 0 Å². The molecular weight excluding hydrogens is 328 g/mol. The lowest BCUT2D eigenvalue weighted by Crippen LogP contribution is -2.02. The minimum Gasteiger partial charge on any atom is -0.337 e. The molecular formula is C12H9Cl4N3. The zero-order valence-electron chi connectivity index (χ0n) is 10.1. The second kappa shape index (κ2) is 5.71. The average molecular weight is 337 g/mol. The van der Waals surface area contributed by atoms with Gasteiger partial charge in [0.25, 0.3) is 0 Å². The summed E-state index contributed by atoms with van der Waals surface area (Å²) >= 11 is 24.1. The predicted molar refractivity (Wildman–Crippen MR) is 81.3 cm³/mol. The fourth-order valence-corrected chi connectivity index (χ4v) is 2.62. The van der Waals surface area contributed by atoms with Crippen molar-refractivity contribution >= 4 is 57.9 Å². The van der Waals surface area contributed by atoms with Crippen molar-refractivity contribution in [1.29, 1.82) is 0 Å². The third-order valence-corrected chi connectivity index (χ3v) is 3.63. The van der Waals surface area contributed by atoms with Crippen LogP contribution in [0.1, 0.15) is 11.4 Å². The van der Waals surface area contributed by atoms with Crippen molar-refractivity contribution in [3.63, 3.8) is 0 Å². The number of nitrogens with zero attached hydrogens (tertiary/aromatic N) is 2. The molecule has 0 saturated carbocycles. The highest BCUT2D eigenvalue weighted by Crippen LogP contribution is 2.36. The van der Waals surface area contributed by atoms with Crippen molar-refractivity contribution in [2.75, 3.05) is 5.32 Å². The molecule has 0 amide bonds. The molecule has 100 valence electrons. The van der Waals surface area contributed by atoms with E-state index in [0.717, 1.165) is 0 Å². The Morgan fingerprint density at radius 1 is 0.947 bits per heavy atom. The number of aromatic nitrogens is 2.